The van der Waals surface area contributed by atoms with Gasteiger partial charge in [-0.2, -0.15) is 5.10 Å². The highest BCUT2D eigenvalue weighted by molar-refractivity contribution is 5.91. The van der Waals surface area contributed by atoms with Gasteiger partial charge in [-0.05, 0) is 38.4 Å². The average Bonchev–Trinajstić information content (AvgIpc) is 3.22. The van der Waals surface area contributed by atoms with Crippen LogP contribution in [0.3, 0.4) is 0 Å². The quantitative estimate of drug-likeness (QED) is 0.763. The third-order valence-corrected chi connectivity index (χ3v) is 5.13. The number of carbonyl (C=O) groups is 2. The van der Waals surface area contributed by atoms with Crippen LogP contribution >= 0.6 is 0 Å². The van der Waals surface area contributed by atoms with E-state index in [9.17, 15) is 9.59 Å². The van der Waals surface area contributed by atoms with Crippen molar-refractivity contribution in [3.05, 3.63) is 18.5 Å². The van der Waals surface area contributed by atoms with Gasteiger partial charge in [0.25, 0.3) is 0 Å². The smallest absolute Gasteiger partial charge is 0.248 e. The van der Waals surface area contributed by atoms with E-state index in [2.05, 4.69) is 15.7 Å². The molecule has 2 N–H and O–H groups in total. The van der Waals surface area contributed by atoms with Crippen LogP contribution in [0.4, 0.5) is 0 Å². The molecule has 2 fully saturated rings. The molecular weight excluding hydrogens is 322 g/mol. The standard InChI is InChI=1S/C17H27N5O3/c1-2-14(15(23)21-10-12-25-13-11-21)20-16(24)17(4-7-18-8-5-17)22-9-3-6-19-22/h3,6,9,14,18H,2,4-5,7-8,10-13H2,1H3,(H,20,24). The number of rotatable bonds is 5. The van der Waals surface area contributed by atoms with E-state index in [0.29, 0.717) is 45.6 Å². The molecule has 138 valence electrons. The molecule has 8 nitrogen and oxygen atoms in total. The molecular formula is C17H27N5O3. The monoisotopic (exact) mass is 349 g/mol. The van der Waals surface area contributed by atoms with Crippen LogP contribution in [0.15, 0.2) is 18.5 Å². The van der Waals surface area contributed by atoms with Crippen LogP contribution < -0.4 is 10.6 Å². The number of hydrogen-bond acceptors (Lipinski definition) is 5. The Balaban J connectivity index is 1.74. The van der Waals surface area contributed by atoms with Gasteiger partial charge in [0.05, 0.1) is 13.2 Å². The highest BCUT2D eigenvalue weighted by Gasteiger charge is 2.43. The highest BCUT2D eigenvalue weighted by atomic mass is 16.5. The fourth-order valence-electron chi connectivity index (χ4n) is 3.56. The topological polar surface area (TPSA) is 88.5 Å². The molecule has 1 aromatic heterocycles. The fraction of sp³-hybridized carbons (Fsp3) is 0.706. The van der Waals surface area contributed by atoms with Gasteiger partial charge in [0.1, 0.15) is 11.6 Å². The lowest BCUT2D eigenvalue weighted by atomic mass is 9.87. The number of aromatic nitrogens is 2. The lowest BCUT2D eigenvalue weighted by Crippen LogP contribution is -2.59. The first-order chi connectivity index (χ1) is 12.2. The molecule has 2 aliphatic rings. The van der Waals surface area contributed by atoms with Crippen LogP contribution in [0, 0.1) is 0 Å². The largest absolute Gasteiger partial charge is 0.378 e. The van der Waals surface area contributed by atoms with Gasteiger partial charge in [-0.15, -0.1) is 0 Å². The summed E-state index contributed by atoms with van der Waals surface area (Å²) in [6.07, 6.45) is 5.39. The molecule has 8 heteroatoms. The van der Waals surface area contributed by atoms with Gasteiger partial charge >= 0.3 is 0 Å². The molecule has 3 heterocycles. The van der Waals surface area contributed by atoms with E-state index in [4.69, 9.17) is 4.74 Å². The summed E-state index contributed by atoms with van der Waals surface area (Å²) in [5.41, 5.74) is -0.729. The number of morpholine rings is 1. The lowest BCUT2D eigenvalue weighted by molar-refractivity contribution is -0.142. The average molecular weight is 349 g/mol. The second-order valence-electron chi connectivity index (χ2n) is 6.60. The Kier molecular flexibility index (Phi) is 5.70. The molecule has 1 atom stereocenters. The second kappa shape index (κ2) is 7.97. The number of ether oxygens (including phenoxy) is 1. The van der Waals surface area contributed by atoms with Crippen LogP contribution in [0.25, 0.3) is 0 Å². The molecule has 0 spiro atoms. The van der Waals surface area contributed by atoms with E-state index in [0.717, 1.165) is 13.1 Å². The van der Waals surface area contributed by atoms with Crippen molar-refractivity contribution in [1.82, 2.24) is 25.3 Å². The molecule has 2 aliphatic heterocycles. The summed E-state index contributed by atoms with van der Waals surface area (Å²) in [6.45, 7) is 5.70. The molecule has 25 heavy (non-hydrogen) atoms. The van der Waals surface area contributed by atoms with Crippen molar-refractivity contribution in [2.45, 2.75) is 37.8 Å². The van der Waals surface area contributed by atoms with Crippen LogP contribution in [0.2, 0.25) is 0 Å². The number of hydrogen-bond donors (Lipinski definition) is 2. The number of amides is 2. The molecule has 2 saturated heterocycles. The predicted octanol–water partition coefficient (Wildman–Crippen LogP) is -0.285. The van der Waals surface area contributed by atoms with Crippen molar-refractivity contribution >= 4 is 11.8 Å². The van der Waals surface area contributed by atoms with Gasteiger partial charge in [-0.3, -0.25) is 14.3 Å². The first-order valence-electron chi connectivity index (χ1n) is 9.06. The summed E-state index contributed by atoms with van der Waals surface area (Å²) in [5.74, 6) is -0.144. The Morgan fingerprint density at radius 2 is 2.04 bits per heavy atom. The van der Waals surface area contributed by atoms with Crippen LogP contribution in [0.1, 0.15) is 26.2 Å². The third kappa shape index (κ3) is 3.69. The fourth-order valence-corrected chi connectivity index (χ4v) is 3.56. The number of carbonyl (C=O) groups excluding carboxylic acids is 2. The van der Waals surface area contributed by atoms with Gasteiger partial charge in [-0.1, -0.05) is 6.92 Å². The maximum absolute atomic E-state index is 13.2. The van der Waals surface area contributed by atoms with Crippen LogP contribution in [-0.4, -0.2) is 71.9 Å². The first kappa shape index (κ1) is 17.9. The van der Waals surface area contributed by atoms with E-state index in [1.807, 2.05) is 19.2 Å². The van der Waals surface area contributed by atoms with E-state index in [1.165, 1.54) is 0 Å². The molecule has 0 aliphatic carbocycles. The number of nitrogens with zero attached hydrogens (tertiary/aromatic N) is 3. The summed E-state index contributed by atoms with van der Waals surface area (Å²) in [6, 6.07) is 1.32. The predicted molar refractivity (Wildman–Crippen MR) is 91.9 cm³/mol. The zero-order valence-corrected chi connectivity index (χ0v) is 14.7. The summed E-state index contributed by atoms with van der Waals surface area (Å²) < 4.78 is 7.05. The molecule has 1 aromatic rings. The van der Waals surface area contributed by atoms with Crippen molar-refractivity contribution in [1.29, 1.82) is 0 Å². The summed E-state index contributed by atoms with van der Waals surface area (Å²) in [7, 11) is 0. The Hall–Kier alpha value is -1.93. The van der Waals surface area contributed by atoms with Gasteiger partial charge in [0.15, 0.2) is 0 Å². The van der Waals surface area contributed by atoms with Gasteiger partial charge in [0, 0.05) is 25.5 Å². The molecule has 1 unspecified atom stereocenters. The maximum Gasteiger partial charge on any atom is 0.248 e. The SMILES string of the molecule is CCC(NC(=O)C1(n2cccn2)CCNCC1)C(=O)N1CCOCC1. The van der Waals surface area contributed by atoms with Crippen molar-refractivity contribution in [2.24, 2.45) is 0 Å². The Morgan fingerprint density at radius 1 is 1.32 bits per heavy atom. The first-order valence-corrected chi connectivity index (χ1v) is 9.06. The van der Waals surface area contributed by atoms with E-state index < -0.39 is 11.6 Å². The Labute approximate surface area is 147 Å². The number of nitrogens with one attached hydrogen (secondary N) is 2. The molecule has 3 rings (SSSR count). The summed E-state index contributed by atoms with van der Waals surface area (Å²) in [4.78, 5) is 27.7. The van der Waals surface area contributed by atoms with Gasteiger partial charge < -0.3 is 20.3 Å². The normalized spacial score (nSPS) is 21.6. The van der Waals surface area contributed by atoms with Crippen LogP contribution in [0.5, 0.6) is 0 Å². The lowest BCUT2D eigenvalue weighted by Gasteiger charge is -2.38. The highest BCUT2D eigenvalue weighted by Crippen LogP contribution is 2.27. The van der Waals surface area contributed by atoms with Crippen molar-refractivity contribution in [3.63, 3.8) is 0 Å². The van der Waals surface area contributed by atoms with E-state index >= 15 is 0 Å². The third-order valence-electron chi connectivity index (χ3n) is 5.13. The van der Waals surface area contributed by atoms with Gasteiger partial charge in [0.2, 0.25) is 11.8 Å². The minimum atomic E-state index is -0.729. The second-order valence-corrected chi connectivity index (χ2v) is 6.60. The molecule has 0 aromatic carbocycles. The Morgan fingerprint density at radius 3 is 2.64 bits per heavy atom. The van der Waals surface area contributed by atoms with E-state index in [1.54, 1.807) is 15.8 Å². The zero-order chi connectivity index (χ0) is 17.7. The molecule has 0 radical (unpaired) electrons. The maximum atomic E-state index is 13.2. The molecule has 0 bridgehead atoms. The summed E-state index contributed by atoms with van der Waals surface area (Å²) >= 11 is 0. The number of piperidine rings is 1. The van der Waals surface area contributed by atoms with E-state index in [-0.39, 0.29) is 11.8 Å². The van der Waals surface area contributed by atoms with Crippen molar-refractivity contribution < 1.29 is 14.3 Å². The Bertz CT molecular complexity index is 577. The minimum Gasteiger partial charge on any atom is -0.378 e. The van der Waals surface area contributed by atoms with Crippen molar-refractivity contribution in [3.8, 4) is 0 Å². The van der Waals surface area contributed by atoms with Crippen LogP contribution in [-0.2, 0) is 19.9 Å². The zero-order valence-electron chi connectivity index (χ0n) is 14.7. The molecule has 2 amide bonds. The minimum absolute atomic E-state index is 0.0244. The van der Waals surface area contributed by atoms with Gasteiger partial charge in [-0.25, -0.2) is 0 Å². The summed E-state index contributed by atoms with van der Waals surface area (Å²) in [5, 5.41) is 10.6. The molecule has 0 saturated carbocycles. The van der Waals surface area contributed by atoms with Crippen molar-refractivity contribution in [2.75, 3.05) is 39.4 Å².